The number of nitrogens with one attached hydrogen (secondary N) is 2. The van der Waals surface area contributed by atoms with Gasteiger partial charge in [-0.1, -0.05) is 36.4 Å². The molecule has 2 aromatic carbocycles. The summed E-state index contributed by atoms with van der Waals surface area (Å²) in [6.07, 6.45) is 1.02. The molecule has 3 N–H and O–H groups in total. The van der Waals surface area contributed by atoms with Crippen molar-refractivity contribution in [2.45, 2.75) is 19.6 Å². The molecular formula is C20H30Cl2N2O3. The van der Waals surface area contributed by atoms with Gasteiger partial charge < -0.3 is 25.2 Å². The first-order valence-corrected chi connectivity index (χ1v) is 8.69. The van der Waals surface area contributed by atoms with Crippen molar-refractivity contribution < 1.29 is 14.6 Å². The van der Waals surface area contributed by atoms with Gasteiger partial charge in [-0.25, -0.2) is 0 Å². The first-order valence-electron chi connectivity index (χ1n) is 8.69. The minimum absolute atomic E-state index is 0. The summed E-state index contributed by atoms with van der Waals surface area (Å²) in [7, 11) is 1.66. The Bertz CT molecular complexity index is 615. The van der Waals surface area contributed by atoms with Crippen LogP contribution in [-0.2, 0) is 13.2 Å². The molecule has 0 aliphatic heterocycles. The lowest BCUT2D eigenvalue weighted by Gasteiger charge is -2.13. The quantitative estimate of drug-likeness (QED) is 0.463. The van der Waals surface area contributed by atoms with E-state index >= 15 is 0 Å². The molecule has 0 aliphatic rings. The summed E-state index contributed by atoms with van der Waals surface area (Å²) in [5.41, 5.74) is 2.29. The number of ether oxygens (including phenoxy) is 2. The fourth-order valence-electron chi connectivity index (χ4n) is 2.45. The topological polar surface area (TPSA) is 62.8 Å². The molecule has 7 heteroatoms. The Morgan fingerprint density at radius 1 is 0.852 bits per heavy atom. The Labute approximate surface area is 174 Å². The van der Waals surface area contributed by atoms with Gasteiger partial charge in [-0.05, 0) is 42.8 Å². The number of halogens is 2. The van der Waals surface area contributed by atoms with E-state index in [2.05, 4.69) is 16.7 Å². The molecule has 0 aliphatic carbocycles. The summed E-state index contributed by atoms with van der Waals surface area (Å²) < 4.78 is 11.3. The molecule has 2 rings (SSSR count). The zero-order valence-electron chi connectivity index (χ0n) is 15.6. The van der Waals surface area contributed by atoms with Crippen molar-refractivity contribution in [3.05, 3.63) is 59.7 Å². The molecule has 5 nitrogen and oxygen atoms in total. The third-order valence-electron chi connectivity index (χ3n) is 3.79. The van der Waals surface area contributed by atoms with Crippen molar-refractivity contribution in [1.29, 1.82) is 0 Å². The molecule has 0 radical (unpaired) electrons. The molecule has 0 bridgehead atoms. The van der Waals surface area contributed by atoms with Gasteiger partial charge in [0.1, 0.15) is 6.61 Å². The van der Waals surface area contributed by atoms with E-state index in [-0.39, 0.29) is 31.4 Å². The van der Waals surface area contributed by atoms with Gasteiger partial charge in [-0.3, -0.25) is 0 Å². The van der Waals surface area contributed by atoms with Crippen molar-refractivity contribution in [2.75, 3.05) is 33.4 Å². The Kier molecular flexibility index (Phi) is 14.7. The first-order chi connectivity index (χ1) is 12.3. The molecule has 152 valence electrons. The molecule has 0 saturated carbocycles. The largest absolute Gasteiger partial charge is 0.493 e. The monoisotopic (exact) mass is 416 g/mol. The van der Waals surface area contributed by atoms with Crippen LogP contribution in [0.4, 0.5) is 0 Å². The zero-order chi connectivity index (χ0) is 17.7. The van der Waals surface area contributed by atoms with Crippen LogP contribution in [0.2, 0.25) is 0 Å². The molecule has 0 atom stereocenters. The number of benzene rings is 2. The van der Waals surface area contributed by atoms with Crippen molar-refractivity contribution >= 4 is 24.8 Å². The van der Waals surface area contributed by atoms with Crippen molar-refractivity contribution in [2.24, 2.45) is 0 Å². The average Bonchev–Trinajstić information content (AvgIpc) is 2.66. The van der Waals surface area contributed by atoms with E-state index in [9.17, 15) is 0 Å². The lowest BCUT2D eigenvalue weighted by Crippen LogP contribution is -2.23. The van der Waals surface area contributed by atoms with Crippen LogP contribution in [0.3, 0.4) is 0 Å². The van der Waals surface area contributed by atoms with Crippen molar-refractivity contribution in [3.63, 3.8) is 0 Å². The summed E-state index contributed by atoms with van der Waals surface area (Å²) in [6, 6.07) is 16.1. The highest BCUT2D eigenvalue weighted by atomic mass is 35.5. The lowest BCUT2D eigenvalue weighted by molar-refractivity contribution is 0.284. The van der Waals surface area contributed by atoms with Crippen LogP contribution in [0.1, 0.15) is 17.5 Å². The normalized spacial score (nSPS) is 9.85. The van der Waals surface area contributed by atoms with E-state index < -0.39 is 0 Å². The third kappa shape index (κ3) is 9.84. The highest BCUT2D eigenvalue weighted by Gasteiger charge is 2.06. The van der Waals surface area contributed by atoms with Crippen LogP contribution in [-0.4, -0.2) is 38.5 Å². The van der Waals surface area contributed by atoms with Gasteiger partial charge in [0, 0.05) is 13.1 Å². The molecule has 0 unspecified atom stereocenters. The van der Waals surface area contributed by atoms with Gasteiger partial charge in [0.25, 0.3) is 0 Å². The highest BCUT2D eigenvalue weighted by molar-refractivity contribution is 5.85. The van der Waals surface area contributed by atoms with Crippen LogP contribution in [0, 0.1) is 0 Å². The maximum absolute atomic E-state index is 8.69. The fourth-order valence-corrected chi connectivity index (χ4v) is 2.45. The average molecular weight is 417 g/mol. The van der Waals surface area contributed by atoms with E-state index in [4.69, 9.17) is 14.6 Å². The number of hydrogen-bond acceptors (Lipinski definition) is 5. The number of methoxy groups -OCH3 is 1. The lowest BCUT2D eigenvalue weighted by atomic mass is 10.2. The molecule has 0 spiro atoms. The van der Waals surface area contributed by atoms with Gasteiger partial charge in [-0.2, -0.15) is 0 Å². The van der Waals surface area contributed by atoms with Crippen LogP contribution >= 0.6 is 24.8 Å². The van der Waals surface area contributed by atoms with Gasteiger partial charge in [0.2, 0.25) is 0 Å². The van der Waals surface area contributed by atoms with Crippen LogP contribution in [0.15, 0.2) is 48.5 Å². The van der Waals surface area contributed by atoms with Crippen LogP contribution in [0.5, 0.6) is 11.5 Å². The third-order valence-corrected chi connectivity index (χ3v) is 3.79. The molecule has 27 heavy (non-hydrogen) atoms. The minimum Gasteiger partial charge on any atom is -0.493 e. The van der Waals surface area contributed by atoms with E-state index in [1.165, 1.54) is 0 Å². The van der Waals surface area contributed by atoms with Gasteiger partial charge >= 0.3 is 0 Å². The molecule has 2 aromatic rings. The summed E-state index contributed by atoms with van der Waals surface area (Å²) in [5, 5.41) is 15.3. The van der Waals surface area contributed by atoms with E-state index in [0.717, 1.165) is 48.7 Å². The Morgan fingerprint density at radius 2 is 1.59 bits per heavy atom. The Morgan fingerprint density at radius 3 is 2.30 bits per heavy atom. The van der Waals surface area contributed by atoms with Crippen molar-refractivity contribution in [3.8, 4) is 11.5 Å². The molecule has 0 aromatic heterocycles. The Hall–Kier alpha value is -1.50. The van der Waals surface area contributed by atoms with Gasteiger partial charge in [-0.15, -0.1) is 24.8 Å². The predicted octanol–water partition coefficient (Wildman–Crippen LogP) is 3.18. The summed E-state index contributed by atoms with van der Waals surface area (Å²) in [6.45, 7) is 3.98. The standard InChI is InChI=1S/C20H28N2O3.2ClH/c1-24-20-14-18(15-22-11-5-10-21-12-13-23)8-9-19(20)25-16-17-6-3-2-4-7-17;;/h2-4,6-9,14,21-23H,5,10-13,15-16H2,1H3;2*1H. The molecule has 0 amide bonds. The highest BCUT2D eigenvalue weighted by Crippen LogP contribution is 2.28. The van der Waals surface area contributed by atoms with Crippen LogP contribution in [0.25, 0.3) is 0 Å². The van der Waals surface area contributed by atoms with E-state index in [1.807, 2.05) is 42.5 Å². The van der Waals surface area contributed by atoms with Crippen LogP contribution < -0.4 is 20.1 Å². The Balaban J connectivity index is 0.00000338. The maximum Gasteiger partial charge on any atom is 0.161 e. The number of aliphatic hydroxyl groups is 1. The predicted molar refractivity (Wildman–Crippen MR) is 115 cm³/mol. The SMILES string of the molecule is COc1cc(CNCCCNCCO)ccc1OCc1ccccc1.Cl.Cl. The van der Waals surface area contributed by atoms with Gasteiger partial charge in [0.15, 0.2) is 11.5 Å². The summed E-state index contributed by atoms with van der Waals surface area (Å²) >= 11 is 0. The van der Waals surface area contributed by atoms with Crippen molar-refractivity contribution in [1.82, 2.24) is 10.6 Å². The summed E-state index contributed by atoms with van der Waals surface area (Å²) in [4.78, 5) is 0. The molecular weight excluding hydrogens is 387 g/mol. The number of rotatable bonds is 12. The fraction of sp³-hybridized carbons (Fsp3) is 0.400. The number of hydrogen-bond donors (Lipinski definition) is 3. The minimum atomic E-state index is 0. The second kappa shape index (κ2) is 15.5. The second-order valence-electron chi connectivity index (χ2n) is 5.76. The summed E-state index contributed by atoms with van der Waals surface area (Å²) in [5.74, 6) is 1.50. The molecule has 0 heterocycles. The number of aliphatic hydroxyl groups excluding tert-OH is 1. The smallest absolute Gasteiger partial charge is 0.161 e. The first kappa shape index (κ1) is 25.5. The maximum atomic E-state index is 8.69. The molecule has 0 fully saturated rings. The van der Waals surface area contributed by atoms with E-state index in [1.54, 1.807) is 7.11 Å². The second-order valence-corrected chi connectivity index (χ2v) is 5.76. The zero-order valence-corrected chi connectivity index (χ0v) is 17.3. The van der Waals surface area contributed by atoms with Gasteiger partial charge in [0.05, 0.1) is 13.7 Å². The van der Waals surface area contributed by atoms with E-state index in [0.29, 0.717) is 13.2 Å². The molecule has 0 saturated heterocycles.